The van der Waals surface area contributed by atoms with E-state index < -0.39 is 0 Å². The van der Waals surface area contributed by atoms with Gasteiger partial charge in [0.25, 0.3) is 0 Å². The molecule has 0 aliphatic heterocycles. The van der Waals surface area contributed by atoms with Gasteiger partial charge in [0.15, 0.2) is 0 Å². The Balaban J connectivity index is 2.95. The van der Waals surface area contributed by atoms with Gasteiger partial charge in [-0.1, -0.05) is 103 Å². The van der Waals surface area contributed by atoms with Crippen LogP contribution in [0.4, 0.5) is 0 Å². The predicted molar refractivity (Wildman–Crippen MR) is 97.8 cm³/mol. The third kappa shape index (κ3) is 19.2. The van der Waals surface area contributed by atoms with Crippen molar-refractivity contribution in [2.24, 2.45) is 0 Å². The molecule has 0 saturated heterocycles. The van der Waals surface area contributed by atoms with Gasteiger partial charge >= 0.3 is 0 Å². The summed E-state index contributed by atoms with van der Waals surface area (Å²) in [5.41, 5.74) is 0. The summed E-state index contributed by atoms with van der Waals surface area (Å²) in [6.45, 7) is 3.19. The van der Waals surface area contributed by atoms with Crippen LogP contribution >= 0.6 is 0 Å². The van der Waals surface area contributed by atoms with Crippen LogP contribution in [0.3, 0.4) is 0 Å². The van der Waals surface area contributed by atoms with Crippen molar-refractivity contribution in [1.29, 1.82) is 0 Å². The second-order valence-electron chi connectivity index (χ2n) is 6.52. The molecule has 0 aliphatic carbocycles. The Kier molecular flexibility index (Phi) is 19.6. The third-order valence-electron chi connectivity index (χ3n) is 4.34. The minimum Gasteiger partial charge on any atom is -0.382 e. The zero-order valence-corrected chi connectivity index (χ0v) is 15.0. The summed E-state index contributed by atoms with van der Waals surface area (Å²) in [6, 6.07) is 0. The number of unbranched alkanes of at least 4 members (excludes halogenated alkanes) is 15. The van der Waals surface area contributed by atoms with Crippen molar-refractivity contribution in [3.8, 4) is 0 Å². The van der Waals surface area contributed by atoms with E-state index in [1.165, 1.54) is 103 Å². The normalized spacial score (nSPS) is 10.4. The van der Waals surface area contributed by atoms with E-state index in [0.29, 0.717) is 0 Å². The van der Waals surface area contributed by atoms with Gasteiger partial charge in [0.1, 0.15) is 5.94 Å². The molecule has 130 valence electrons. The molecule has 0 rings (SSSR count). The van der Waals surface area contributed by atoms with Crippen molar-refractivity contribution in [3.05, 3.63) is 6.20 Å². The van der Waals surface area contributed by atoms with Crippen molar-refractivity contribution in [2.45, 2.75) is 110 Å². The maximum atomic E-state index is 9.93. The Bertz CT molecular complexity index is 246. The molecule has 0 aromatic heterocycles. The lowest BCUT2D eigenvalue weighted by Gasteiger charge is -2.03. The fraction of sp³-hybridized carbons (Fsp3) is 0.900. The molecule has 0 atom stereocenters. The van der Waals surface area contributed by atoms with E-state index in [9.17, 15) is 4.79 Å². The molecule has 0 spiro atoms. The summed E-state index contributed by atoms with van der Waals surface area (Å²) >= 11 is 0. The molecule has 0 radical (unpaired) electrons. The SMILES string of the molecule is CCCCCCCCCCCCCCCCCCNC=C=O. The van der Waals surface area contributed by atoms with E-state index >= 15 is 0 Å². The number of hydrogen-bond acceptors (Lipinski definition) is 2. The summed E-state index contributed by atoms with van der Waals surface area (Å²) < 4.78 is 0. The Morgan fingerprint density at radius 3 is 1.36 bits per heavy atom. The fourth-order valence-electron chi connectivity index (χ4n) is 2.89. The first kappa shape index (κ1) is 21.2. The molecular formula is C20H39NO. The summed E-state index contributed by atoms with van der Waals surface area (Å²) in [4.78, 5) is 9.93. The molecule has 22 heavy (non-hydrogen) atoms. The number of rotatable bonds is 18. The quantitative estimate of drug-likeness (QED) is 0.242. The van der Waals surface area contributed by atoms with Crippen molar-refractivity contribution in [1.82, 2.24) is 5.32 Å². The van der Waals surface area contributed by atoms with E-state index in [0.717, 1.165) is 13.0 Å². The molecule has 0 fully saturated rings. The average molecular weight is 310 g/mol. The predicted octanol–water partition coefficient (Wildman–Crippen LogP) is 6.18. The van der Waals surface area contributed by atoms with Gasteiger partial charge in [0.05, 0.1) is 6.20 Å². The van der Waals surface area contributed by atoms with E-state index in [2.05, 4.69) is 12.2 Å². The summed E-state index contributed by atoms with van der Waals surface area (Å²) in [7, 11) is 0. The monoisotopic (exact) mass is 309 g/mol. The van der Waals surface area contributed by atoms with E-state index in [1.807, 2.05) is 0 Å². The van der Waals surface area contributed by atoms with Crippen LogP contribution in [-0.2, 0) is 4.79 Å². The zero-order valence-electron chi connectivity index (χ0n) is 15.0. The Morgan fingerprint density at radius 2 is 1.00 bits per heavy atom. The van der Waals surface area contributed by atoms with Gasteiger partial charge < -0.3 is 5.32 Å². The topological polar surface area (TPSA) is 29.1 Å². The van der Waals surface area contributed by atoms with Crippen molar-refractivity contribution in [3.63, 3.8) is 0 Å². The fourth-order valence-corrected chi connectivity index (χ4v) is 2.89. The van der Waals surface area contributed by atoms with Crippen molar-refractivity contribution >= 4 is 5.94 Å². The first-order chi connectivity index (χ1) is 10.9. The number of nitrogens with one attached hydrogen (secondary N) is 1. The van der Waals surface area contributed by atoms with Crippen LogP contribution in [0.2, 0.25) is 0 Å². The van der Waals surface area contributed by atoms with Crippen molar-refractivity contribution < 1.29 is 4.79 Å². The van der Waals surface area contributed by atoms with E-state index in [4.69, 9.17) is 0 Å². The summed E-state index contributed by atoms with van der Waals surface area (Å²) in [6.07, 6.45) is 23.7. The van der Waals surface area contributed by atoms with Crippen LogP contribution in [0.1, 0.15) is 110 Å². The third-order valence-corrected chi connectivity index (χ3v) is 4.34. The smallest absolute Gasteiger partial charge is 0.141 e. The average Bonchev–Trinajstić information content (AvgIpc) is 2.54. The molecule has 0 heterocycles. The highest BCUT2D eigenvalue weighted by Crippen LogP contribution is 2.13. The Morgan fingerprint density at radius 1 is 0.636 bits per heavy atom. The molecular weight excluding hydrogens is 270 g/mol. The van der Waals surface area contributed by atoms with Gasteiger partial charge in [0, 0.05) is 6.54 Å². The second-order valence-corrected chi connectivity index (χ2v) is 6.52. The lowest BCUT2D eigenvalue weighted by molar-refractivity contribution is 0.528. The molecule has 0 aromatic rings. The first-order valence-corrected chi connectivity index (χ1v) is 9.84. The molecule has 0 aliphatic rings. The van der Waals surface area contributed by atoms with Gasteiger partial charge in [-0.3, -0.25) is 0 Å². The van der Waals surface area contributed by atoms with Gasteiger partial charge in [-0.05, 0) is 6.42 Å². The van der Waals surface area contributed by atoms with Crippen molar-refractivity contribution in [2.75, 3.05) is 6.54 Å². The number of carbonyl (C=O) groups excluding carboxylic acids is 1. The van der Waals surface area contributed by atoms with Crippen LogP contribution in [0.5, 0.6) is 0 Å². The molecule has 2 heteroatoms. The van der Waals surface area contributed by atoms with Gasteiger partial charge in [0.2, 0.25) is 0 Å². The Hall–Kier alpha value is -0.750. The van der Waals surface area contributed by atoms with Gasteiger partial charge in [-0.25, -0.2) is 4.79 Å². The molecule has 0 saturated carbocycles. The molecule has 2 nitrogen and oxygen atoms in total. The zero-order chi connectivity index (χ0) is 16.1. The van der Waals surface area contributed by atoms with Crippen LogP contribution in [0.15, 0.2) is 6.20 Å². The molecule has 0 bridgehead atoms. The molecule has 0 unspecified atom stereocenters. The molecule has 1 N–H and O–H groups in total. The minimum absolute atomic E-state index is 0.910. The van der Waals surface area contributed by atoms with Gasteiger partial charge in [-0.2, -0.15) is 0 Å². The van der Waals surface area contributed by atoms with Crippen LogP contribution in [0.25, 0.3) is 0 Å². The second kappa shape index (κ2) is 20.2. The molecule has 0 amide bonds. The lowest BCUT2D eigenvalue weighted by Crippen LogP contribution is -2.06. The maximum Gasteiger partial charge on any atom is 0.141 e. The van der Waals surface area contributed by atoms with Crippen LogP contribution in [0, 0.1) is 0 Å². The summed E-state index contributed by atoms with van der Waals surface area (Å²) in [5.74, 6) is 1.74. The standard InChI is InChI=1S/C20H39NO/c1-2-3-4-5-6-7-8-9-10-11-12-13-14-15-16-17-18-21-19-20-22/h19,21H,2-18H2,1H3. The van der Waals surface area contributed by atoms with E-state index in [1.54, 1.807) is 5.94 Å². The highest BCUT2D eigenvalue weighted by Gasteiger charge is 1.94. The highest BCUT2D eigenvalue weighted by atomic mass is 16.1. The Labute approximate surface area is 139 Å². The van der Waals surface area contributed by atoms with Crippen LogP contribution < -0.4 is 5.32 Å². The number of hydrogen-bond donors (Lipinski definition) is 1. The van der Waals surface area contributed by atoms with Crippen LogP contribution in [-0.4, -0.2) is 12.5 Å². The summed E-state index contributed by atoms with van der Waals surface area (Å²) in [5, 5.41) is 2.94. The van der Waals surface area contributed by atoms with E-state index in [-0.39, 0.29) is 0 Å². The maximum absolute atomic E-state index is 9.93. The minimum atomic E-state index is 0.910. The molecule has 0 aromatic carbocycles. The highest BCUT2D eigenvalue weighted by molar-refractivity contribution is 5.43. The lowest BCUT2D eigenvalue weighted by atomic mass is 10.0. The van der Waals surface area contributed by atoms with Gasteiger partial charge in [-0.15, -0.1) is 0 Å². The largest absolute Gasteiger partial charge is 0.382 e. The first-order valence-electron chi connectivity index (χ1n) is 9.84.